The fraction of sp³-hybridized carbons (Fsp3) is 0.294. The first-order valence-corrected chi connectivity index (χ1v) is 14.0. The van der Waals surface area contributed by atoms with Crippen LogP contribution in [0.2, 0.25) is 0 Å². The summed E-state index contributed by atoms with van der Waals surface area (Å²) in [5.74, 6) is 1.23. The topological polar surface area (TPSA) is 70.2 Å². The van der Waals surface area contributed by atoms with Crippen molar-refractivity contribution in [2.75, 3.05) is 33.8 Å². The number of nitrogens with one attached hydrogen (secondary N) is 2. The van der Waals surface area contributed by atoms with Crippen LogP contribution in [0.15, 0.2) is 85.1 Å². The highest BCUT2D eigenvalue weighted by Crippen LogP contribution is 2.38. The van der Waals surface area contributed by atoms with Crippen LogP contribution in [0.4, 0.5) is 0 Å². The minimum Gasteiger partial charge on any atom is -0.492 e. The molecule has 3 aromatic carbocycles. The van der Waals surface area contributed by atoms with Gasteiger partial charge in [-0.2, -0.15) is 5.10 Å². The number of carbonyl (C=O) groups excluding carboxylic acids is 1. The third kappa shape index (κ3) is 7.07. The Bertz CT molecular complexity index is 1480. The summed E-state index contributed by atoms with van der Waals surface area (Å²) >= 11 is 0. The molecule has 0 fully saturated rings. The van der Waals surface area contributed by atoms with Crippen LogP contribution in [-0.4, -0.2) is 54.8 Å². The van der Waals surface area contributed by atoms with Crippen molar-refractivity contribution in [2.24, 2.45) is 0 Å². The van der Waals surface area contributed by atoms with Crippen molar-refractivity contribution in [3.05, 3.63) is 107 Å². The second kappa shape index (κ2) is 13.8. The smallest absolute Gasteiger partial charge is 0.245 e. The van der Waals surface area contributed by atoms with E-state index in [0.717, 1.165) is 28.6 Å². The van der Waals surface area contributed by atoms with Gasteiger partial charge < -0.3 is 15.0 Å². The number of carbonyl (C=O) groups is 1. The van der Waals surface area contributed by atoms with Gasteiger partial charge in [0, 0.05) is 38.6 Å². The number of nitrogens with zero attached hydrogens (tertiary/aromatic N) is 2. The predicted molar refractivity (Wildman–Crippen MR) is 165 cm³/mol. The van der Waals surface area contributed by atoms with Crippen LogP contribution in [0.5, 0.6) is 5.75 Å². The zero-order valence-corrected chi connectivity index (χ0v) is 24.2. The summed E-state index contributed by atoms with van der Waals surface area (Å²) < 4.78 is 5.99. The van der Waals surface area contributed by atoms with E-state index in [1.54, 1.807) is 25.1 Å². The lowest BCUT2D eigenvalue weighted by Crippen LogP contribution is -2.22. The molecule has 1 aromatic heterocycles. The Hall–Kier alpha value is -4.16. The van der Waals surface area contributed by atoms with E-state index in [9.17, 15) is 4.79 Å². The van der Waals surface area contributed by atoms with Gasteiger partial charge in [-0.25, -0.2) is 0 Å². The average molecular weight is 537 g/mol. The third-order valence-corrected chi connectivity index (χ3v) is 6.95. The van der Waals surface area contributed by atoms with Crippen molar-refractivity contribution >= 4 is 28.0 Å². The third-order valence-electron chi connectivity index (χ3n) is 6.95. The molecule has 0 bridgehead atoms. The molecule has 208 valence electrons. The summed E-state index contributed by atoms with van der Waals surface area (Å²) in [5.41, 5.74) is 8.56. The van der Waals surface area contributed by atoms with E-state index in [1.807, 2.05) is 24.4 Å². The monoisotopic (exact) mass is 536 g/mol. The van der Waals surface area contributed by atoms with Crippen molar-refractivity contribution in [2.45, 2.75) is 33.1 Å². The maximum Gasteiger partial charge on any atom is 0.245 e. The van der Waals surface area contributed by atoms with E-state index in [-0.39, 0.29) is 5.91 Å². The quantitative estimate of drug-likeness (QED) is 0.121. The molecule has 0 spiro atoms. The number of hydrogen-bond donors (Lipinski definition) is 2. The average Bonchev–Trinajstić information content (AvgIpc) is 3.43. The number of ether oxygens (including phenoxy) is 1. The minimum atomic E-state index is -0.0184. The second-order valence-electron chi connectivity index (χ2n) is 10.3. The van der Waals surface area contributed by atoms with Gasteiger partial charge >= 0.3 is 0 Å². The van der Waals surface area contributed by atoms with Crippen LogP contribution in [0.25, 0.3) is 22.0 Å². The highest BCUT2D eigenvalue weighted by atomic mass is 16.5. The molecular weight excluding hydrogens is 496 g/mol. The van der Waals surface area contributed by atoms with E-state index in [1.165, 1.54) is 27.8 Å². The van der Waals surface area contributed by atoms with Crippen LogP contribution in [-0.2, 0) is 4.79 Å². The number of likely N-dealkylation sites (N-methyl/N-ethyl adjacent to an activating group) is 1. The molecule has 1 amide bonds. The molecule has 0 atom stereocenters. The van der Waals surface area contributed by atoms with Crippen molar-refractivity contribution in [1.82, 2.24) is 20.4 Å². The molecular formula is C34H40N4O2. The maximum absolute atomic E-state index is 11.6. The van der Waals surface area contributed by atoms with E-state index in [0.29, 0.717) is 25.6 Å². The Morgan fingerprint density at radius 3 is 2.52 bits per heavy atom. The molecule has 1 heterocycles. The lowest BCUT2D eigenvalue weighted by atomic mass is 9.84. The minimum absolute atomic E-state index is 0.0184. The summed E-state index contributed by atoms with van der Waals surface area (Å²) in [6.07, 6.45) is 6.19. The summed E-state index contributed by atoms with van der Waals surface area (Å²) in [7, 11) is 3.48. The Labute approximate surface area is 237 Å². The number of aromatic amines is 1. The normalized spacial score (nSPS) is 12.2. The number of allylic oxidation sites excluding steroid dienone is 1. The SMILES string of the molecule is CCC(=C(c1ccc(OCCNCC=CC(=O)N(C)C)cc1)c1ccc2[nH]ncc2c1)c1ccccc1C(C)C. The van der Waals surface area contributed by atoms with E-state index in [4.69, 9.17) is 4.74 Å². The molecule has 0 aliphatic rings. The molecule has 2 N–H and O–H groups in total. The van der Waals surface area contributed by atoms with Gasteiger partial charge in [-0.05, 0) is 70.0 Å². The molecule has 40 heavy (non-hydrogen) atoms. The summed E-state index contributed by atoms with van der Waals surface area (Å²) in [6, 6.07) is 23.7. The molecule has 0 saturated carbocycles. The largest absolute Gasteiger partial charge is 0.492 e. The van der Waals surface area contributed by atoms with Crippen molar-refractivity contribution < 1.29 is 9.53 Å². The first-order chi connectivity index (χ1) is 19.4. The van der Waals surface area contributed by atoms with Gasteiger partial charge in [0.05, 0.1) is 11.7 Å². The molecule has 0 saturated heterocycles. The van der Waals surface area contributed by atoms with E-state index in [2.05, 4.69) is 90.9 Å². The van der Waals surface area contributed by atoms with Crippen LogP contribution in [0.3, 0.4) is 0 Å². The molecule has 0 radical (unpaired) electrons. The first kappa shape index (κ1) is 28.8. The molecule has 4 aromatic rings. The Morgan fingerprint density at radius 2 is 1.80 bits per heavy atom. The number of aromatic nitrogens is 2. The van der Waals surface area contributed by atoms with Gasteiger partial charge in [-0.15, -0.1) is 0 Å². The lowest BCUT2D eigenvalue weighted by molar-refractivity contribution is -0.123. The van der Waals surface area contributed by atoms with Gasteiger partial charge in [-0.3, -0.25) is 9.89 Å². The van der Waals surface area contributed by atoms with Crippen LogP contribution in [0.1, 0.15) is 55.4 Å². The zero-order valence-electron chi connectivity index (χ0n) is 24.2. The molecule has 6 nitrogen and oxygen atoms in total. The number of H-pyrrole nitrogens is 1. The number of amides is 1. The Balaban J connectivity index is 1.58. The van der Waals surface area contributed by atoms with Crippen molar-refractivity contribution in [3.63, 3.8) is 0 Å². The summed E-state index contributed by atoms with van der Waals surface area (Å²) in [4.78, 5) is 13.1. The highest BCUT2D eigenvalue weighted by Gasteiger charge is 2.17. The zero-order chi connectivity index (χ0) is 28.5. The molecule has 0 unspecified atom stereocenters. The fourth-order valence-corrected chi connectivity index (χ4v) is 4.84. The van der Waals surface area contributed by atoms with Crippen molar-refractivity contribution in [3.8, 4) is 5.75 Å². The highest BCUT2D eigenvalue weighted by molar-refractivity contribution is 6.01. The van der Waals surface area contributed by atoms with E-state index >= 15 is 0 Å². The van der Waals surface area contributed by atoms with Gasteiger partial charge in [-0.1, -0.05) is 69.3 Å². The van der Waals surface area contributed by atoms with Crippen LogP contribution in [0, 0.1) is 0 Å². The molecule has 4 rings (SSSR count). The fourth-order valence-electron chi connectivity index (χ4n) is 4.84. The van der Waals surface area contributed by atoms with Gasteiger partial charge in [0.25, 0.3) is 0 Å². The summed E-state index contributed by atoms with van der Waals surface area (Å²) in [6.45, 7) is 8.59. The molecule has 0 aliphatic heterocycles. The van der Waals surface area contributed by atoms with Crippen LogP contribution >= 0.6 is 0 Å². The van der Waals surface area contributed by atoms with Gasteiger partial charge in [0.15, 0.2) is 0 Å². The second-order valence-corrected chi connectivity index (χ2v) is 10.3. The number of hydrogen-bond acceptors (Lipinski definition) is 4. The van der Waals surface area contributed by atoms with E-state index < -0.39 is 0 Å². The van der Waals surface area contributed by atoms with Crippen LogP contribution < -0.4 is 10.1 Å². The first-order valence-electron chi connectivity index (χ1n) is 14.0. The maximum atomic E-state index is 11.6. The molecule has 0 aliphatic carbocycles. The number of benzene rings is 3. The Kier molecular flexibility index (Phi) is 9.92. The summed E-state index contributed by atoms with van der Waals surface area (Å²) in [5, 5.41) is 11.7. The standard InChI is InChI=1S/C34H40N4O2/c1-6-29(31-11-8-7-10-30(31)24(2)3)34(26-15-18-32-27(22-26)23-36-37-32)25-13-16-28(17-14-25)40-21-20-35-19-9-12-33(39)38(4)5/h7-18,22-24,35H,6,19-21H2,1-5H3,(H,36,37). The number of rotatable bonds is 12. The number of fused-ring (bicyclic) bond motifs is 1. The van der Waals surface area contributed by atoms with Crippen molar-refractivity contribution in [1.29, 1.82) is 0 Å². The molecule has 6 heteroatoms. The lowest BCUT2D eigenvalue weighted by Gasteiger charge is -2.20. The van der Waals surface area contributed by atoms with Gasteiger partial charge in [0.1, 0.15) is 12.4 Å². The Morgan fingerprint density at radius 1 is 1.05 bits per heavy atom. The van der Waals surface area contributed by atoms with Gasteiger partial charge in [0.2, 0.25) is 5.91 Å². The predicted octanol–water partition coefficient (Wildman–Crippen LogP) is 6.67.